The molecule has 2 heterocycles. The molecule has 0 saturated heterocycles. The summed E-state index contributed by atoms with van der Waals surface area (Å²) < 4.78 is 45.0. The molecule has 154 valence electrons. The number of hydrogen-bond donors (Lipinski definition) is 1. The summed E-state index contributed by atoms with van der Waals surface area (Å²) in [4.78, 5) is 12.3. The van der Waals surface area contributed by atoms with E-state index in [1.165, 1.54) is 6.08 Å². The molecule has 1 amide bonds. The first kappa shape index (κ1) is 21.1. The van der Waals surface area contributed by atoms with Crippen LogP contribution in [0.1, 0.15) is 17.6 Å². The molecule has 1 N–H and O–H groups in total. The summed E-state index contributed by atoms with van der Waals surface area (Å²) in [5, 5.41) is 16.2. The molecular weight excluding hydrogens is 419 g/mol. The quantitative estimate of drug-likeness (QED) is 0.462. The molecule has 7 nitrogen and oxygen atoms in total. The molecule has 0 fully saturated rings. The molecule has 3 rings (SSSR count). The van der Waals surface area contributed by atoms with Crippen molar-refractivity contribution >= 4 is 28.5 Å². The molecule has 3 aromatic rings. The number of halogens is 3. The number of ether oxygens (including phenoxy) is 1. The Morgan fingerprint density at radius 2 is 2.03 bits per heavy atom. The summed E-state index contributed by atoms with van der Waals surface area (Å²) in [7, 11) is 0. The second-order valence-corrected chi connectivity index (χ2v) is 6.74. The van der Waals surface area contributed by atoms with Crippen LogP contribution in [0.3, 0.4) is 0 Å². The Balaban J connectivity index is 1.81. The number of nitriles is 1. The van der Waals surface area contributed by atoms with Gasteiger partial charge in [0, 0.05) is 17.6 Å². The van der Waals surface area contributed by atoms with Crippen LogP contribution in [-0.4, -0.2) is 27.3 Å². The number of rotatable bonds is 6. The highest BCUT2D eigenvalue weighted by molar-refractivity contribution is 7.15. The zero-order valence-electron chi connectivity index (χ0n) is 15.5. The van der Waals surface area contributed by atoms with Crippen molar-refractivity contribution in [3.8, 4) is 17.5 Å². The lowest BCUT2D eigenvalue weighted by atomic mass is 10.2. The van der Waals surface area contributed by atoms with E-state index in [2.05, 4.69) is 15.5 Å². The fourth-order valence-electron chi connectivity index (χ4n) is 2.47. The number of carbonyl (C=O) groups excluding carboxylic acids is 1. The fraction of sp³-hybridized carbons (Fsp3) is 0.158. The van der Waals surface area contributed by atoms with Gasteiger partial charge in [-0.15, -0.1) is 10.2 Å². The Morgan fingerprint density at radius 1 is 1.30 bits per heavy atom. The summed E-state index contributed by atoms with van der Waals surface area (Å²) in [5.41, 5.74) is 0.995. The second-order valence-electron chi connectivity index (χ2n) is 5.76. The van der Waals surface area contributed by atoms with Crippen molar-refractivity contribution in [2.75, 3.05) is 11.9 Å². The van der Waals surface area contributed by atoms with Crippen molar-refractivity contribution in [3.05, 3.63) is 58.9 Å². The minimum atomic E-state index is -4.66. The van der Waals surface area contributed by atoms with Crippen LogP contribution < -0.4 is 10.1 Å². The largest absolute Gasteiger partial charge is 0.494 e. The van der Waals surface area contributed by atoms with E-state index in [0.29, 0.717) is 18.1 Å². The number of carbonyl (C=O) groups is 1. The number of anilines is 1. The number of hydrogen-bond acceptors (Lipinski definition) is 6. The maximum atomic E-state index is 12.6. The molecule has 0 radical (unpaired) electrons. The minimum Gasteiger partial charge on any atom is -0.494 e. The standard InChI is InChI=1S/C19H14F3N5O2S/c1-2-29-15-7-5-13(6-8-15)27-9-3-4-14(27)10-12(11-23)16(28)24-18-26-25-17(30-18)19(20,21)22/h3-10H,2H2,1H3,(H,24,26,28). The van der Waals surface area contributed by atoms with Gasteiger partial charge >= 0.3 is 6.18 Å². The van der Waals surface area contributed by atoms with Crippen molar-refractivity contribution in [3.63, 3.8) is 0 Å². The minimum absolute atomic E-state index is 0.176. The summed E-state index contributed by atoms with van der Waals surface area (Å²) >= 11 is 0.176. The van der Waals surface area contributed by atoms with Crippen molar-refractivity contribution in [2.24, 2.45) is 0 Å². The van der Waals surface area contributed by atoms with E-state index in [9.17, 15) is 23.2 Å². The van der Waals surface area contributed by atoms with E-state index < -0.39 is 17.1 Å². The molecule has 0 spiro atoms. The van der Waals surface area contributed by atoms with Gasteiger partial charge < -0.3 is 9.30 Å². The summed E-state index contributed by atoms with van der Waals surface area (Å²) in [5.74, 6) is -0.181. The molecule has 0 aliphatic carbocycles. The van der Waals surface area contributed by atoms with Crippen molar-refractivity contribution in [2.45, 2.75) is 13.1 Å². The number of alkyl halides is 3. The van der Waals surface area contributed by atoms with Gasteiger partial charge in [0.05, 0.1) is 6.61 Å². The zero-order valence-corrected chi connectivity index (χ0v) is 16.3. The average molecular weight is 433 g/mol. The van der Waals surface area contributed by atoms with E-state index in [-0.39, 0.29) is 22.0 Å². The molecule has 0 unspecified atom stereocenters. The van der Waals surface area contributed by atoms with Crippen LogP contribution in [0.15, 0.2) is 48.2 Å². The third-order valence-electron chi connectivity index (χ3n) is 3.75. The lowest BCUT2D eigenvalue weighted by molar-refractivity contribution is -0.138. The normalized spacial score (nSPS) is 11.8. The van der Waals surface area contributed by atoms with Crippen molar-refractivity contribution < 1.29 is 22.7 Å². The van der Waals surface area contributed by atoms with Gasteiger partial charge in [-0.2, -0.15) is 18.4 Å². The van der Waals surface area contributed by atoms with Gasteiger partial charge in [0.15, 0.2) is 0 Å². The van der Waals surface area contributed by atoms with Gasteiger partial charge in [-0.1, -0.05) is 11.3 Å². The highest BCUT2D eigenvalue weighted by atomic mass is 32.1. The number of benzene rings is 1. The molecule has 1 aromatic carbocycles. The molecule has 2 aromatic heterocycles. The van der Waals surface area contributed by atoms with Gasteiger partial charge in [-0.3, -0.25) is 10.1 Å². The summed E-state index contributed by atoms with van der Waals surface area (Å²) in [6.45, 7) is 2.42. The number of aromatic nitrogens is 3. The van der Waals surface area contributed by atoms with E-state index in [1.54, 1.807) is 41.1 Å². The first-order valence-corrected chi connectivity index (χ1v) is 9.38. The van der Waals surface area contributed by atoms with Gasteiger partial charge in [0.2, 0.25) is 10.1 Å². The van der Waals surface area contributed by atoms with Crippen molar-refractivity contribution in [1.29, 1.82) is 5.26 Å². The van der Waals surface area contributed by atoms with Crippen LogP contribution >= 0.6 is 11.3 Å². The Bertz CT molecular complexity index is 1110. The van der Waals surface area contributed by atoms with Crippen LogP contribution in [-0.2, 0) is 11.0 Å². The zero-order chi connectivity index (χ0) is 21.7. The van der Waals surface area contributed by atoms with E-state index in [4.69, 9.17) is 4.74 Å². The molecular formula is C19H14F3N5O2S. The third kappa shape index (κ3) is 4.84. The topological polar surface area (TPSA) is 92.8 Å². The Kier molecular flexibility index (Phi) is 6.17. The molecule has 30 heavy (non-hydrogen) atoms. The Hall–Kier alpha value is -3.65. The molecule has 0 aliphatic heterocycles. The van der Waals surface area contributed by atoms with Crippen LogP contribution in [0.25, 0.3) is 11.8 Å². The van der Waals surface area contributed by atoms with Crippen LogP contribution in [0.5, 0.6) is 5.75 Å². The van der Waals surface area contributed by atoms with E-state index in [1.807, 2.05) is 19.1 Å². The highest BCUT2D eigenvalue weighted by Gasteiger charge is 2.35. The smallest absolute Gasteiger partial charge is 0.445 e. The number of nitrogens with zero attached hydrogens (tertiary/aromatic N) is 4. The average Bonchev–Trinajstić information content (AvgIpc) is 3.36. The lowest BCUT2D eigenvalue weighted by Gasteiger charge is -2.09. The molecule has 0 bridgehead atoms. The summed E-state index contributed by atoms with van der Waals surface area (Å²) in [6.07, 6.45) is -1.58. The van der Waals surface area contributed by atoms with E-state index in [0.717, 1.165) is 5.69 Å². The first-order valence-electron chi connectivity index (χ1n) is 8.56. The maximum Gasteiger partial charge on any atom is 0.445 e. The summed E-state index contributed by atoms with van der Waals surface area (Å²) in [6, 6.07) is 12.4. The predicted molar refractivity (Wildman–Crippen MR) is 104 cm³/mol. The SMILES string of the molecule is CCOc1ccc(-n2cccc2C=C(C#N)C(=O)Nc2nnc(C(F)(F)F)s2)cc1. The van der Waals surface area contributed by atoms with Crippen molar-refractivity contribution in [1.82, 2.24) is 14.8 Å². The third-order valence-corrected chi connectivity index (χ3v) is 4.63. The maximum absolute atomic E-state index is 12.6. The number of nitrogens with one attached hydrogen (secondary N) is 1. The molecule has 0 atom stereocenters. The Labute approximate surface area is 173 Å². The van der Waals surface area contributed by atoms with Gasteiger partial charge in [-0.25, -0.2) is 0 Å². The van der Waals surface area contributed by atoms with Crippen LogP contribution in [0.2, 0.25) is 0 Å². The highest BCUT2D eigenvalue weighted by Crippen LogP contribution is 2.33. The second kappa shape index (κ2) is 8.79. The first-order chi connectivity index (χ1) is 14.3. The monoisotopic (exact) mass is 433 g/mol. The predicted octanol–water partition coefficient (Wildman–Crippen LogP) is 4.29. The van der Waals surface area contributed by atoms with Crippen LogP contribution in [0, 0.1) is 11.3 Å². The van der Waals surface area contributed by atoms with Gasteiger partial charge in [-0.05, 0) is 49.4 Å². The molecule has 0 aliphatic rings. The van der Waals surface area contributed by atoms with Crippen LogP contribution in [0.4, 0.5) is 18.3 Å². The Morgan fingerprint density at radius 3 is 2.63 bits per heavy atom. The molecule has 11 heteroatoms. The lowest BCUT2D eigenvalue weighted by Crippen LogP contribution is -2.13. The van der Waals surface area contributed by atoms with Gasteiger partial charge in [0.25, 0.3) is 5.91 Å². The van der Waals surface area contributed by atoms with E-state index >= 15 is 0 Å². The van der Waals surface area contributed by atoms with Gasteiger partial charge in [0.1, 0.15) is 17.4 Å². The fourth-order valence-corrected chi connectivity index (χ4v) is 3.07. The number of amides is 1. The molecule has 0 saturated carbocycles.